The number of hydrogen-bond donors (Lipinski definition) is 4. The second-order valence-corrected chi connectivity index (χ2v) is 2.57. The van der Waals surface area contributed by atoms with Gasteiger partial charge in [0.15, 0.2) is 0 Å². The largest absolute Gasteiger partial charge is 0.508 e. The highest BCUT2D eigenvalue weighted by molar-refractivity contribution is 5.37. The fraction of sp³-hybridized carbons (Fsp3) is 0.250. The van der Waals surface area contributed by atoms with E-state index >= 15 is 0 Å². The number of aliphatic hydroxyl groups excluding tert-OH is 1. The van der Waals surface area contributed by atoms with Crippen molar-refractivity contribution in [3.05, 3.63) is 23.8 Å². The van der Waals surface area contributed by atoms with Gasteiger partial charge in [0.2, 0.25) is 0 Å². The molecule has 12 heavy (non-hydrogen) atoms. The van der Waals surface area contributed by atoms with Crippen LogP contribution < -0.4 is 5.73 Å². The molecule has 0 aromatic heterocycles. The van der Waals surface area contributed by atoms with Crippen LogP contribution >= 0.6 is 0 Å². The number of phenolic OH excluding ortho intramolecular Hbond substituents is 2. The standard InChI is InChI=1S/C8H11NO3/c9-8(4-10)5-1-6(11)3-7(12)2-5/h1-3,8,10-12H,4,9H2/t8-/m0/s1. The molecule has 0 bridgehead atoms. The third kappa shape index (κ3) is 1.87. The van der Waals surface area contributed by atoms with Gasteiger partial charge in [-0.1, -0.05) is 0 Å². The van der Waals surface area contributed by atoms with Gasteiger partial charge in [-0.3, -0.25) is 0 Å². The summed E-state index contributed by atoms with van der Waals surface area (Å²) in [6, 6.07) is 3.44. The minimum absolute atomic E-state index is 0.0612. The fourth-order valence-electron chi connectivity index (χ4n) is 0.938. The van der Waals surface area contributed by atoms with E-state index in [0.717, 1.165) is 0 Å². The maximum absolute atomic E-state index is 9.04. The zero-order chi connectivity index (χ0) is 9.14. The zero-order valence-corrected chi connectivity index (χ0v) is 6.44. The van der Waals surface area contributed by atoms with Gasteiger partial charge in [0, 0.05) is 6.07 Å². The van der Waals surface area contributed by atoms with E-state index < -0.39 is 6.04 Å². The van der Waals surface area contributed by atoms with E-state index in [0.29, 0.717) is 5.56 Å². The summed E-state index contributed by atoms with van der Waals surface area (Å²) in [5.74, 6) is -0.122. The van der Waals surface area contributed by atoms with Crippen molar-refractivity contribution in [2.45, 2.75) is 6.04 Å². The molecule has 0 aliphatic carbocycles. The number of aromatic hydroxyl groups is 2. The molecular formula is C8H11NO3. The summed E-state index contributed by atoms with van der Waals surface area (Å²) in [7, 11) is 0. The van der Waals surface area contributed by atoms with Gasteiger partial charge in [0.05, 0.1) is 12.6 Å². The van der Waals surface area contributed by atoms with Crippen LogP contribution in [-0.2, 0) is 0 Å². The van der Waals surface area contributed by atoms with Gasteiger partial charge < -0.3 is 21.1 Å². The molecule has 66 valence electrons. The van der Waals surface area contributed by atoms with Gasteiger partial charge in [-0.25, -0.2) is 0 Å². The topological polar surface area (TPSA) is 86.7 Å². The number of rotatable bonds is 2. The first-order valence-corrected chi connectivity index (χ1v) is 3.53. The third-order valence-electron chi connectivity index (χ3n) is 1.55. The van der Waals surface area contributed by atoms with Crippen molar-refractivity contribution in [1.29, 1.82) is 0 Å². The van der Waals surface area contributed by atoms with Crippen LogP contribution in [0.3, 0.4) is 0 Å². The van der Waals surface area contributed by atoms with Gasteiger partial charge in [0.25, 0.3) is 0 Å². The molecule has 1 aromatic carbocycles. The first kappa shape index (κ1) is 8.83. The number of benzene rings is 1. The Morgan fingerprint density at radius 1 is 1.17 bits per heavy atom. The second kappa shape index (κ2) is 3.42. The van der Waals surface area contributed by atoms with Gasteiger partial charge in [-0.05, 0) is 17.7 Å². The molecule has 4 heteroatoms. The quantitative estimate of drug-likeness (QED) is 0.505. The van der Waals surface area contributed by atoms with E-state index in [9.17, 15) is 0 Å². The molecule has 4 nitrogen and oxygen atoms in total. The predicted molar refractivity (Wildman–Crippen MR) is 43.8 cm³/mol. The Morgan fingerprint density at radius 3 is 2.08 bits per heavy atom. The van der Waals surface area contributed by atoms with E-state index in [2.05, 4.69) is 0 Å². The summed E-state index contributed by atoms with van der Waals surface area (Å²) < 4.78 is 0. The van der Waals surface area contributed by atoms with Crippen LogP contribution in [-0.4, -0.2) is 21.9 Å². The lowest BCUT2D eigenvalue weighted by atomic mass is 10.1. The van der Waals surface area contributed by atoms with Crippen LogP contribution in [0.1, 0.15) is 11.6 Å². The van der Waals surface area contributed by atoms with Crippen molar-refractivity contribution in [2.24, 2.45) is 5.73 Å². The minimum Gasteiger partial charge on any atom is -0.508 e. The third-order valence-corrected chi connectivity index (χ3v) is 1.55. The van der Waals surface area contributed by atoms with Gasteiger partial charge in [-0.15, -0.1) is 0 Å². The molecule has 0 radical (unpaired) electrons. The summed E-state index contributed by atoms with van der Waals surface area (Å²) in [5, 5.41) is 26.8. The van der Waals surface area contributed by atoms with E-state index in [4.69, 9.17) is 21.1 Å². The lowest BCUT2D eigenvalue weighted by molar-refractivity contribution is 0.267. The summed E-state index contributed by atoms with van der Waals surface area (Å²) in [4.78, 5) is 0. The van der Waals surface area contributed by atoms with Crippen LogP contribution in [0.15, 0.2) is 18.2 Å². The van der Waals surface area contributed by atoms with Crippen LogP contribution in [0.5, 0.6) is 11.5 Å². The van der Waals surface area contributed by atoms with Gasteiger partial charge in [0.1, 0.15) is 11.5 Å². The molecule has 0 heterocycles. The summed E-state index contributed by atoms with van der Waals surface area (Å²) >= 11 is 0. The Balaban J connectivity index is 3.00. The molecule has 1 aromatic rings. The van der Waals surface area contributed by atoms with Crippen LogP contribution in [0.4, 0.5) is 0 Å². The molecule has 0 aliphatic heterocycles. The van der Waals surface area contributed by atoms with Crippen molar-refractivity contribution in [2.75, 3.05) is 6.61 Å². The minimum atomic E-state index is -0.567. The predicted octanol–water partition coefficient (Wildman–Crippen LogP) is 0.0899. The molecule has 5 N–H and O–H groups in total. The normalized spacial score (nSPS) is 12.8. The molecular weight excluding hydrogens is 158 g/mol. The number of aliphatic hydroxyl groups is 1. The SMILES string of the molecule is N[C@@H](CO)c1cc(O)cc(O)c1. The van der Waals surface area contributed by atoms with Crippen LogP contribution in [0.2, 0.25) is 0 Å². The number of phenols is 2. The smallest absolute Gasteiger partial charge is 0.119 e. The van der Waals surface area contributed by atoms with Crippen molar-refractivity contribution >= 4 is 0 Å². The summed E-state index contributed by atoms with van der Waals surface area (Å²) in [6.07, 6.45) is 0. The molecule has 1 rings (SSSR count). The van der Waals surface area contributed by atoms with Crippen molar-refractivity contribution in [3.8, 4) is 11.5 Å². The van der Waals surface area contributed by atoms with E-state index in [1.54, 1.807) is 0 Å². The summed E-state index contributed by atoms with van der Waals surface area (Å²) in [6.45, 7) is -0.219. The Morgan fingerprint density at radius 2 is 1.67 bits per heavy atom. The monoisotopic (exact) mass is 169 g/mol. The average molecular weight is 169 g/mol. The van der Waals surface area contributed by atoms with Gasteiger partial charge >= 0.3 is 0 Å². The molecule has 0 unspecified atom stereocenters. The Bertz CT molecular complexity index is 255. The molecule has 0 fully saturated rings. The lowest BCUT2D eigenvalue weighted by Gasteiger charge is -2.08. The van der Waals surface area contributed by atoms with E-state index in [-0.39, 0.29) is 18.1 Å². The Labute approximate surface area is 69.9 Å². The number of nitrogens with two attached hydrogens (primary N) is 1. The molecule has 0 amide bonds. The van der Waals surface area contributed by atoms with Crippen molar-refractivity contribution in [3.63, 3.8) is 0 Å². The Hall–Kier alpha value is -1.26. The first-order chi connectivity index (χ1) is 5.63. The highest BCUT2D eigenvalue weighted by Gasteiger charge is 2.06. The van der Waals surface area contributed by atoms with Crippen molar-refractivity contribution in [1.82, 2.24) is 0 Å². The maximum Gasteiger partial charge on any atom is 0.119 e. The maximum atomic E-state index is 9.04. The zero-order valence-electron chi connectivity index (χ0n) is 6.44. The van der Waals surface area contributed by atoms with E-state index in [1.807, 2.05) is 0 Å². The van der Waals surface area contributed by atoms with Crippen molar-refractivity contribution < 1.29 is 15.3 Å². The fourth-order valence-corrected chi connectivity index (χ4v) is 0.938. The van der Waals surface area contributed by atoms with Crippen LogP contribution in [0, 0.1) is 0 Å². The Kier molecular flexibility index (Phi) is 2.52. The molecule has 0 saturated carbocycles. The number of hydrogen-bond acceptors (Lipinski definition) is 4. The molecule has 0 spiro atoms. The molecule has 1 atom stereocenters. The second-order valence-electron chi connectivity index (χ2n) is 2.57. The molecule has 0 saturated heterocycles. The highest BCUT2D eigenvalue weighted by atomic mass is 16.3. The van der Waals surface area contributed by atoms with Gasteiger partial charge in [-0.2, -0.15) is 0 Å². The highest BCUT2D eigenvalue weighted by Crippen LogP contribution is 2.23. The van der Waals surface area contributed by atoms with Crippen LogP contribution in [0.25, 0.3) is 0 Å². The van der Waals surface area contributed by atoms with E-state index in [1.165, 1.54) is 18.2 Å². The average Bonchev–Trinajstić information content (AvgIpc) is 2.01. The lowest BCUT2D eigenvalue weighted by Crippen LogP contribution is -2.14. The molecule has 0 aliphatic rings. The first-order valence-electron chi connectivity index (χ1n) is 3.53. The summed E-state index contributed by atoms with van der Waals surface area (Å²) in [5.41, 5.74) is 5.97.